The molecule has 0 radical (unpaired) electrons. The second-order valence-corrected chi connectivity index (χ2v) is 3.43. The van der Waals surface area contributed by atoms with Gasteiger partial charge in [-0.05, 0) is 6.92 Å². The number of nitrogens with one attached hydrogen (secondary N) is 1. The predicted molar refractivity (Wildman–Crippen MR) is 51.5 cm³/mol. The molecule has 1 heterocycles. The molecule has 0 fully saturated rings. The zero-order chi connectivity index (χ0) is 9.30. The van der Waals surface area contributed by atoms with Crippen LogP contribution in [0.4, 0.5) is 10.7 Å². The van der Waals surface area contributed by atoms with E-state index in [4.69, 9.17) is 11.5 Å². The number of hydrogen-bond donors (Lipinski definition) is 3. The number of hydrogen-bond acceptors (Lipinski definition) is 4. The molecule has 12 heavy (non-hydrogen) atoms. The third-order valence-electron chi connectivity index (χ3n) is 1.64. The van der Waals surface area contributed by atoms with Gasteiger partial charge in [-0.3, -0.25) is 4.79 Å². The molecule has 5 N–H and O–H groups in total. The number of rotatable bonds is 2. The summed E-state index contributed by atoms with van der Waals surface area (Å²) in [5.41, 5.74) is 12.1. The van der Waals surface area contributed by atoms with Gasteiger partial charge in [-0.2, -0.15) is 0 Å². The van der Waals surface area contributed by atoms with Gasteiger partial charge in [-0.25, -0.2) is 0 Å². The van der Waals surface area contributed by atoms with Crippen LogP contribution in [-0.4, -0.2) is 13.0 Å². The Bertz CT molecular complexity index is 319. The number of anilines is 2. The summed E-state index contributed by atoms with van der Waals surface area (Å²) in [6.07, 6.45) is 0. The minimum absolute atomic E-state index is 0.428. The highest BCUT2D eigenvalue weighted by Crippen LogP contribution is 2.33. The molecular formula is C7H11N3OS. The summed E-state index contributed by atoms with van der Waals surface area (Å²) in [5.74, 6) is -0.470. The molecule has 1 amide bonds. The van der Waals surface area contributed by atoms with Crippen molar-refractivity contribution in [1.29, 1.82) is 0 Å². The van der Waals surface area contributed by atoms with Crippen molar-refractivity contribution >= 4 is 27.9 Å². The molecule has 0 bridgehead atoms. The minimum atomic E-state index is -0.470. The van der Waals surface area contributed by atoms with E-state index in [0.29, 0.717) is 10.6 Å². The Morgan fingerprint density at radius 1 is 1.58 bits per heavy atom. The van der Waals surface area contributed by atoms with Gasteiger partial charge in [0.05, 0.1) is 10.7 Å². The Morgan fingerprint density at radius 3 is 2.42 bits per heavy atom. The van der Waals surface area contributed by atoms with E-state index < -0.39 is 5.91 Å². The second-order valence-electron chi connectivity index (χ2n) is 2.41. The summed E-state index contributed by atoms with van der Waals surface area (Å²) in [5, 5.41) is 3.83. The molecule has 1 aromatic rings. The lowest BCUT2D eigenvalue weighted by molar-refractivity contribution is 0.100. The Hall–Kier alpha value is -1.23. The Kier molecular flexibility index (Phi) is 2.23. The summed E-state index contributed by atoms with van der Waals surface area (Å²) in [4.78, 5) is 11.3. The fraction of sp³-hybridized carbons (Fsp3) is 0.286. The van der Waals surface area contributed by atoms with Crippen LogP contribution < -0.4 is 16.8 Å². The maximum Gasteiger partial charge on any atom is 0.260 e. The normalized spacial score (nSPS) is 9.83. The highest BCUT2D eigenvalue weighted by atomic mass is 32.1. The van der Waals surface area contributed by atoms with E-state index in [1.165, 1.54) is 11.3 Å². The van der Waals surface area contributed by atoms with Gasteiger partial charge in [0.1, 0.15) is 4.88 Å². The van der Waals surface area contributed by atoms with Crippen molar-refractivity contribution in [2.24, 2.45) is 5.73 Å². The highest BCUT2D eigenvalue weighted by Gasteiger charge is 2.14. The van der Waals surface area contributed by atoms with E-state index in [1.807, 2.05) is 6.92 Å². The van der Waals surface area contributed by atoms with Gasteiger partial charge < -0.3 is 16.8 Å². The summed E-state index contributed by atoms with van der Waals surface area (Å²) in [7, 11) is 1.78. The average Bonchev–Trinajstić information content (AvgIpc) is 2.30. The molecule has 1 rings (SSSR count). The highest BCUT2D eigenvalue weighted by molar-refractivity contribution is 7.18. The number of amides is 1. The molecule has 0 aliphatic rings. The van der Waals surface area contributed by atoms with Crippen molar-refractivity contribution in [2.45, 2.75) is 6.92 Å². The Morgan fingerprint density at radius 2 is 2.17 bits per heavy atom. The van der Waals surface area contributed by atoms with Gasteiger partial charge in [0.2, 0.25) is 0 Å². The van der Waals surface area contributed by atoms with Gasteiger partial charge in [0, 0.05) is 12.6 Å². The van der Waals surface area contributed by atoms with E-state index in [-0.39, 0.29) is 0 Å². The molecular weight excluding hydrogens is 174 g/mol. The lowest BCUT2D eigenvalue weighted by atomic mass is 10.2. The topological polar surface area (TPSA) is 81.1 Å². The Balaban J connectivity index is 3.25. The first-order chi connectivity index (χ1) is 5.57. The lowest BCUT2D eigenvalue weighted by Crippen LogP contribution is -2.10. The molecule has 0 aromatic carbocycles. The van der Waals surface area contributed by atoms with Gasteiger partial charge in [-0.1, -0.05) is 0 Å². The van der Waals surface area contributed by atoms with Crippen LogP contribution in [0.5, 0.6) is 0 Å². The first kappa shape index (κ1) is 8.86. The van der Waals surface area contributed by atoms with Crippen LogP contribution in [0, 0.1) is 6.92 Å². The molecule has 66 valence electrons. The first-order valence-corrected chi connectivity index (χ1v) is 4.26. The molecule has 1 aromatic heterocycles. The van der Waals surface area contributed by atoms with Crippen LogP contribution in [-0.2, 0) is 0 Å². The fourth-order valence-electron chi connectivity index (χ4n) is 0.948. The number of thiophene rings is 1. The number of nitrogen functional groups attached to an aromatic ring is 1. The number of nitrogens with two attached hydrogens (primary N) is 2. The zero-order valence-electron chi connectivity index (χ0n) is 6.97. The van der Waals surface area contributed by atoms with Crippen LogP contribution in [0.2, 0.25) is 0 Å². The van der Waals surface area contributed by atoms with E-state index in [0.717, 1.165) is 10.6 Å². The molecule has 0 saturated carbocycles. The number of carbonyl (C=O) groups excluding carboxylic acids is 1. The maximum atomic E-state index is 10.8. The van der Waals surface area contributed by atoms with E-state index in [9.17, 15) is 4.79 Å². The van der Waals surface area contributed by atoms with Crippen LogP contribution >= 0.6 is 11.3 Å². The largest absolute Gasteiger partial charge is 0.397 e. The van der Waals surface area contributed by atoms with Crippen molar-refractivity contribution in [3.8, 4) is 0 Å². The van der Waals surface area contributed by atoms with E-state index in [1.54, 1.807) is 7.05 Å². The average molecular weight is 185 g/mol. The molecule has 5 heteroatoms. The molecule has 0 atom stereocenters. The summed E-state index contributed by atoms with van der Waals surface area (Å²) >= 11 is 1.28. The third kappa shape index (κ3) is 1.23. The Labute approximate surface area is 74.6 Å². The summed E-state index contributed by atoms with van der Waals surface area (Å²) in [6, 6.07) is 0. The molecule has 0 aliphatic heterocycles. The van der Waals surface area contributed by atoms with Crippen LogP contribution in [0.25, 0.3) is 0 Å². The van der Waals surface area contributed by atoms with Gasteiger partial charge in [0.15, 0.2) is 0 Å². The van der Waals surface area contributed by atoms with Crippen LogP contribution in [0.15, 0.2) is 0 Å². The van der Waals surface area contributed by atoms with Crippen molar-refractivity contribution < 1.29 is 4.79 Å². The number of carbonyl (C=O) groups is 1. The fourth-order valence-corrected chi connectivity index (χ4v) is 1.88. The lowest BCUT2D eigenvalue weighted by Gasteiger charge is -1.95. The monoisotopic (exact) mass is 185 g/mol. The third-order valence-corrected chi connectivity index (χ3v) is 2.98. The van der Waals surface area contributed by atoms with Gasteiger partial charge >= 0.3 is 0 Å². The molecule has 0 spiro atoms. The first-order valence-electron chi connectivity index (χ1n) is 3.44. The molecule has 0 saturated heterocycles. The van der Waals surface area contributed by atoms with Gasteiger partial charge in [0.25, 0.3) is 5.91 Å². The van der Waals surface area contributed by atoms with Gasteiger partial charge in [-0.15, -0.1) is 11.3 Å². The summed E-state index contributed by atoms with van der Waals surface area (Å²) < 4.78 is 0. The molecule has 4 nitrogen and oxygen atoms in total. The predicted octanol–water partition coefficient (Wildman–Crippen LogP) is 0.779. The maximum absolute atomic E-state index is 10.8. The van der Waals surface area contributed by atoms with E-state index >= 15 is 0 Å². The second kappa shape index (κ2) is 3.02. The number of primary amides is 1. The smallest absolute Gasteiger partial charge is 0.260 e. The van der Waals surface area contributed by atoms with E-state index in [2.05, 4.69) is 5.32 Å². The van der Waals surface area contributed by atoms with Crippen molar-refractivity contribution in [1.82, 2.24) is 0 Å². The van der Waals surface area contributed by atoms with Crippen molar-refractivity contribution in [2.75, 3.05) is 18.1 Å². The standard InChI is InChI=1S/C7H11N3OS/c1-3-4(8)5(6(9)11)12-7(3)10-2/h10H,8H2,1-2H3,(H2,9,11). The quantitative estimate of drug-likeness (QED) is 0.636. The van der Waals surface area contributed by atoms with Crippen molar-refractivity contribution in [3.05, 3.63) is 10.4 Å². The molecule has 0 unspecified atom stereocenters. The zero-order valence-corrected chi connectivity index (χ0v) is 7.79. The summed E-state index contributed by atoms with van der Waals surface area (Å²) in [6.45, 7) is 1.85. The minimum Gasteiger partial charge on any atom is -0.397 e. The molecule has 0 aliphatic carbocycles. The van der Waals surface area contributed by atoms with Crippen molar-refractivity contribution in [3.63, 3.8) is 0 Å². The van der Waals surface area contributed by atoms with Crippen LogP contribution in [0.1, 0.15) is 15.2 Å². The SMILES string of the molecule is CNc1sc(C(N)=O)c(N)c1C. The van der Waals surface area contributed by atoms with Crippen LogP contribution in [0.3, 0.4) is 0 Å².